The Hall–Kier alpha value is -3.14. The second kappa shape index (κ2) is 9.53. The minimum absolute atomic E-state index is 0.302. The lowest BCUT2D eigenvalue weighted by molar-refractivity contribution is -0.143. The van der Waals surface area contributed by atoms with Gasteiger partial charge in [-0.15, -0.1) is 13.2 Å². The van der Waals surface area contributed by atoms with Crippen molar-refractivity contribution >= 4 is 22.6 Å². The van der Waals surface area contributed by atoms with Crippen LogP contribution in [0.25, 0.3) is 10.9 Å². The van der Waals surface area contributed by atoms with Gasteiger partial charge in [-0.2, -0.15) is 0 Å². The number of carbonyl (C=O) groups excluding carboxylic acids is 1. The molecule has 0 fully saturated rings. The monoisotopic (exact) mass is 362 g/mol. The van der Waals surface area contributed by atoms with Gasteiger partial charge in [-0.05, 0) is 24.1 Å². The van der Waals surface area contributed by atoms with Crippen LogP contribution < -0.4 is 0 Å². The average Bonchev–Trinajstić information content (AvgIpc) is 3.04. The lowest BCUT2D eigenvalue weighted by atomic mass is 9.98. The van der Waals surface area contributed by atoms with Crippen LogP contribution in [0.1, 0.15) is 30.0 Å². The lowest BCUT2D eigenvalue weighted by Crippen LogP contribution is -2.09. The molecule has 1 heterocycles. The maximum absolute atomic E-state index is 11.6. The number of oxime groups is 1. The summed E-state index contributed by atoms with van der Waals surface area (Å²) in [6.07, 6.45) is 2.95. The number of hydrogen-bond acceptors (Lipinski definition) is 3. The number of benzene rings is 2. The molecule has 0 aliphatic heterocycles. The number of aryl methyl sites for hydroxylation is 2. The van der Waals surface area contributed by atoms with E-state index in [0.29, 0.717) is 12.8 Å². The highest BCUT2D eigenvalue weighted by Gasteiger charge is 2.15. The van der Waals surface area contributed by atoms with Crippen molar-refractivity contribution in [1.29, 1.82) is 0 Å². The average molecular weight is 362 g/mol. The van der Waals surface area contributed by atoms with Gasteiger partial charge >= 0.3 is 5.97 Å². The zero-order chi connectivity index (χ0) is 19.8. The van der Waals surface area contributed by atoms with Gasteiger partial charge in [-0.25, -0.2) is 4.79 Å². The van der Waals surface area contributed by atoms with E-state index in [0.717, 1.165) is 22.2 Å². The van der Waals surface area contributed by atoms with Gasteiger partial charge < -0.3 is 9.40 Å². The van der Waals surface area contributed by atoms with Gasteiger partial charge in [0, 0.05) is 42.6 Å². The minimum Gasteiger partial charge on any atom is -0.350 e. The molecule has 0 bridgehead atoms. The van der Waals surface area contributed by atoms with Gasteiger partial charge in [0.2, 0.25) is 0 Å². The molecule has 3 rings (SSSR count). The van der Waals surface area contributed by atoms with E-state index in [-0.39, 0.29) is 5.97 Å². The van der Waals surface area contributed by atoms with Gasteiger partial charge in [0.05, 0.1) is 5.71 Å². The maximum atomic E-state index is 11.6. The van der Waals surface area contributed by atoms with Gasteiger partial charge in [0.15, 0.2) is 0 Å². The first kappa shape index (κ1) is 20.2. The molecular formula is C23H26N2O2. The summed E-state index contributed by atoms with van der Waals surface area (Å²) in [6.45, 7) is 9.84. The number of para-hydroxylation sites is 1. The van der Waals surface area contributed by atoms with E-state index in [1.54, 1.807) is 6.92 Å². The van der Waals surface area contributed by atoms with Gasteiger partial charge in [-0.1, -0.05) is 54.5 Å². The van der Waals surface area contributed by atoms with Crippen LogP contribution in [0.5, 0.6) is 0 Å². The molecular weight excluding hydrogens is 336 g/mol. The van der Waals surface area contributed by atoms with Crippen LogP contribution >= 0.6 is 0 Å². The number of nitrogens with zero attached hydrogens (tertiary/aromatic N) is 2. The Morgan fingerprint density at radius 2 is 1.78 bits per heavy atom. The molecule has 0 spiro atoms. The zero-order valence-electron chi connectivity index (χ0n) is 16.2. The highest BCUT2D eigenvalue weighted by Crippen LogP contribution is 2.23. The predicted octanol–water partition coefficient (Wildman–Crippen LogP) is 5.19. The molecule has 27 heavy (non-hydrogen) atoms. The Morgan fingerprint density at radius 3 is 2.48 bits per heavy atom. The standard InChI is InChI=1S/C21H22N2O2.C2H4/c1-4-21(24)25-22-19(13-16-10-6-5-9-15(16)2)18-14-23(3)20-12-8-7-11-17(18)20;1-2/h5-12,14H,4,13H2,1-3H3;1-2H2/b22-19+;. The first-order valence-corrected chi connectivity index (χ1v) is 8.95. The molecule has 0 saturated heterocycles. The number of hydrogen-bond donors (Lipinski definition) is 0. The van der Waals surface area contributed by atoms with E-state index < -0.39 is 0 Å². The molecule has 4 nitrogen and oxygen atoms in total. The topological polar surface area (TPSA) is 43.6 Å². The number of carbonyl (C=O) groups is 1. The fourth-order valence-electron chi connectivity index (χ4n) is 2.91. The van der Waals surface area contributed by atoms with Gasteiger partial charge in [0.1, 0.15) is 0 Å². The third-order valence-corrected chi connectivity index (χ3v) is 4.37. The van der Waals surface area contributed by atoms with Crippen molar-refractivity contribution in [3.8, 4) is 0 Å². The molecule has 0 amide bonds. The Kier molecular flexibility index (Phi) is 7.12. The zero-order valence-corrected chi connectivity index (χ0v) is 16.2. The SMILES string of the molecule is C=C.CCC(=O)O/N=C(\Cc1ccccc1C)c1cn(C)c2ccccc12. The molecule has 140 valence electrons. The Bertz CT molecular complexity index is 954. The Balaban J connectivity index is 0.00000126. The highest BCUT2D eigenvalue weighted by atomic mass is 16.7. The van der Waals surface area contributed by atoms with Crippen molar-refractivity contribution in [2.75, 3.05) is 0 Å². The van der Waals surface area contributed by atoms with Crippen molar-refractivity contribution in [2.24, 2.45) is 12.2 Å². The predicted molar refractivity (Wildman–Crippen MR) is 112 cm³/mol. The lowest BCUT2D eigenvalue weighted by Gasteiger charge is -2.08. The summed E-state index contributed by atoms with van der Waals surface area (Å²) in [5, 5.41) is 5.32. The number of fused-ring (bicyclic) bond motifs is 1. The molecule has 3 aromatic rings. The van der Waals surface area contributed by atoms with E-state index in [4.69, 9.17) is 4.84 Å². The third-order valence-electron chi connectivity index (χ3n) is 4.37. The van der Waals surface area contributed by atoms with Crippen LogP contribution in [-0.2, 0) is 23.1 Å². The van der Waals surface area contributed by atoms with Crippen molar-refractivity contribution < 1.29 is 9.63 Å². The van der Waals surface area contributed by atoms with Crippen LogP contribution in [-0.4, -0.2) is 16.2 Å². The van der Waals surface area contributed by atoms with E-state index in [1.807, 2.05) is 37.5 Å². The number of rotatable bonds is 5. The first-order valence-electron chi connectivity index (χ1n) is 8.95. The first-order chi connectivity index (χ1) is 13.1. The van der Waals surface area contributed by atoms with Crippen LogP contribution in [0.3, 0.4) is 0 Å². The minimum atomic E-state index is -0.331. The number of aromatic nitrogens is 1. The Labute approximate surface area is 160 Å². The van der Waals surface area contributed by atoms with E-state index >= 15 is 0 Å². The van der Waals surface area contributed by atoms with Crippen LogP contribution in [0.4, 0.5) is 0 Å². The molecule has 0 radical (unpaired) electrons. The molecule has 0 aliphatic rings. The third kappa shape index (κ3) is 4.73. The Morgan fingerprint density at radius 1 is 1.11 bits per heavy atom. The van der Waals surface area contributed by atoms with Crippen molar-refractivity contribution in [3.05, 3.63) is 84.6 Å². The fraction of sp³-hybridized carbons (Fsp3) is 0.217. The fourth-order valence-corrected chi connectivity index (χ4v) is 2.91. The molecule has 1 aromatic heterocycles. The molecule has 0 atom stereocenters. The van der Waals surface area contributed by atoms with Gasteiger partial charge in [-0.3, -0.25) is 0 Å². The summed E-state index contributed by atoms with van der Waals surface area (Å²) in [5.74, 6) is -0.331. The maximum Gasteiger partial charge on any atom is 0.334 e. The van der Waals surface area contributed by atoms with Crippen LogP contribution in [0.15, 0.2) is 73.0 Å². The largest absolute Gasteiger partial charge is 0.350 e. The summed E-state index contributed by atoms with van der Waals surface area (Å²) in [5.41, 5.74) is 5.23. The normalized spacial score (nSPS) is 11.0. The molecule has 0 N–H and O–H groups in total. The van der Waals surface area contributed by atoms with E-state index in [9.17, 15) is 4.79 Å². The van der Waals surface area contributed by atoms with Crippen molar-refractivity contribution in [1.82, 2.24) is 4.57 Å². The van der Waals surface area contributed by atoms with E-state index in [1.165, 1.54) is 11.1 Å². The van der Waals surface area contributed by atoms with Crippen LogP contribution in [0, 0.1) is 6.92 Å². The summed E-state index contributed by atoms with van der Waals surface area (Å²) < 4.78 is 2.07. The summed E-state index contributed by atoms with van der Waals surface area (Å²) >= 11 is 0. The van der Waals surface area contributed by atoms with Gasteiger partial charge in [0.25, 0.3) is 0 Å². The summed E-state index contributed by atoms with van der Waals surface area (Å²) in [6, 6.07) is 16.4. The molecule has 0 saturated carbocycles. The smallest absolute Gasteiger partial charge is 0.334 e. The summed E-state index contributed by atoms with van der Waals surface area (Å²) in [4.78, 5) is 16.7. The molecule has 0 unspecified atom stereocenters. The second-order valence-corrected chi connectivity index (χ2v) is 6.13. The summed E-state index contributed by atoms with van der Waals surface area (Å²) in [7, 11) is 2.01. The van der Waals surface area contributed by atoms with Crippen molar-refractivity contribution in [2.45, 2.75) is 26.7 Å². The van der Waals surface area contributed by atoms with Crippen molar-refractivity contribution in [3.63, 3.8) is 0 Å². The van der Waals surface area contributed by atoms with E-state index in [2.05, 4.69) is 54.1 Å². The highest BCUT2D eigenvalue weighted by molar-refractivity contribution is 6.11. The molecule has 2 aromatic carbocycles. The van der Waals surface area contributed by atoms with Crippen LogP contribution in [0.2, 0.25) is 0 Å². The second-order valence-electron chi connectivity index (χ2n) is 6.13. The quantitative estimate of drug-likeness (QED) is 0.271. The molecule has 4 heteroatoms. The molecule has 0 aliphatic carbocycles.